The molecule has 0 aliphatic heterocycles. The van der Waals surface area contributed by atoms with E-state index in [-0.39, 0.29) is 5.38 Å². The SMILES string of the molecule is Cl[C]1CCCC1Cl. The molecule has 0 N–H and O–H groups in total. The van der Waals surface area contributed by atoms with E-state index >= 15 is 0 Å². The van der Waals surface area contributed by atoms with E-state index in [1.807, 2.05) is 0 Å². The molecule has 7 heavy (non-hydrogen) atoms. The average molecular weight is 138 g/mol. The molecule has 1 aliphatic rings. The minimum atomic E-state index is 0.168. The Balaban J connectivity index is 2.33. The van der Waals surface area contributed by atoms with E-state index in [2.05, 4.69) is 0 Å². The maximum Gasteiger partial charge on any atom is 0.0815 e. The van der Waals surface area contributed by atoms with Gasteiger partial charge in [-0.3, -0.25) is 0 Å². The highest BCUT2D eigenvalue weighted by molar-refractivity contribution is 6.35. The lowest BCUT2D eigenvalue weighted by Crippen LogP contribution is -1.94. The molecule has 0 aromatic carbocycles. The van der Waals surface area contributed by atoms with E-state index < -0.39 is 0 Å². The van der Waals surface area contributed by atoms with E-state index in [1.54, 1.807) is 0 Å². The Labute approximate surface area is 53.8 Å². The van der Waals surface area contributed by atoms with E-state index in [4.69, 9.17) is 23.2 Å². The number of rotatable bonds is 0. The molecule has 1 aliphatic carbocycles. The fraction of sp³-hybridized carbons (Fsp3) is 0.800. The Morgan fingerprint density at radius 3 is 2.43 bits per heavy atom. The van der Waals surface area contributed by atoms with Crippen LogP contribution in [0.15, 0.2) is 0 Å². The van der Waals surface area contributed by atoms with Crippen LogP contribution in [-0.4, -0.2) is 5.38 Å². The lowest BCUT2D eigenvalue weighted by Gasteiger charge is -1.98. The minimum absolute atomic E-state index is 0.168. The zero-order chi connectivity index (χ0) is 5.28. The van der Waals surface area contributed by atoms with Gasteiger partial charge in [0.25, 0.3) is 0 Å². The summed E-state index contributed by atoms with van der Waals surface area (Å²) in [6, 6.07) is 0. The van der Waals surface area contributed by atoms with Crippen LogP contribution >= 0.6 is 23.2 Å². The van der Waals surface area contributed by atoms with Gasteiger partial charge in [0.1, 0.15) is 0 Å². The molecule has 0 spiro atoms. The molecule has 1 saturated carbocycles. The van der Waals surface area contributed by atoms with Gasteiger partial charge in [0.05, 0.1) is 10.8 Å². The fourth-order valence-electron chi connectivity index (χ4n) is 0.763. The molecule has 1 radical (unpaired) electrons. The van der Waals surface area contributed by atoms with E-state index in [9.17, 15) is 0 Å². The molecule has 0 amide bonds. The molecule has 1 rings (SSSR count). The van der Waals surface area contributed by atoms with Crippen molar-refractivity contribution in [2.75, 3.05) is 0 Å². The summed E-state index contributed by atoms with van der Waals surface area (Å²) in [7, 11) is 0. The zero-order valence-electron chi connectivity index (χ0n) is 3.95. The Bertz CT molecular complexity index is 55.1. The summed E-state index contributed by atoms with van der Waals surface area (Å²) in [5.74, 6) is 0. The maximum absolute atomic E-state index is 5.69. The standard InChI is InChI=1S/C5H7Cl2/c6-4-2-1-3-5(4)7/h4H,1-3H2. The van der Waals surface area contributed by atoms with Crippen molar-refractivity contribution in [3.8, 4) is 0 Å². The monoisotopic (exact) mass is 137 g/mol. The normalized spacial score (nSPS) is 34.3. The summed E-state index contributed by atoms with van der Waals surface area (Å²) in [5.41, 5.74) is 0. The largest absolute Gasteiger partial charge is 0.121 e. The van der Waals surface area contributed by atoms with Crippen LogP contribution < -0.4 is 0 Å². The first-order chi connectivity index (χ1) is 3.30. The Morgan fingerprint density at radius 1 is 1.57 bits per heavy atom. The van der Waals surface area contributed by atoms with Crippen molar-refractivity contribution in [1.29, 1.82) is 0 Å². The molecule has 0 bridgehead atoms. The summed E-state index contributed by atoms with van der Waals surface area (Å²) in [6.07, 6.45) is 3.27. The highest BCUT2D eigenvalue weighted by Gasteiger charge is 2.23. The Morgan fingerprint density at radius 2 is 2.29 bits per heavy atom. The van der Waals surface area contributed by atoms with Gasteiger partial charge in [-0.2, -0.15) is 0 Å². The van der Waals surface area contributed by atoms with Crippen LogP contribution in [0.2, 0.25) is 0 Å². The summed E-state index contributed by atoms with van der Waals surface area (Å²) in [6.45, 7) is 0. The predicted octanol–water partition coefficient (Wildman–Crippen LogP) is 2.55. The molecule has 41 valence electrons. The summed E-state index contributed by atoms with van der Waals surface area (Å²) in [5, 5.41) is 1.11. The maximum atomic E-state index is 5.69. The van der Waals surface area contributed by atoms with Crippen molar-refractivity contribution < 1.29 is 0 Å². The van der Waals surface area contributed by atoms with E-state index in [0.717, 1.165) is 18.2 Å². The van der Waals surface area contributed by atoms with Crippen molar-refractivity contribution in [3.63, 3.8) is 0 Å². The van der Waals surface area contributed by atoms with Gasteiger partial charge in [0.15, 0.2) is 0 Å². The molecule has 1 unspecified atom stereocenters. The summed E-state index contributed by atoms with van der Waals surface area (Å²) >= 11 is 11.3. The summed E-state index contributed by atoms with van der Waals surface area (Å²) in [4.78, 5) is 0. The van der Waals surface area contributed by atoms with Crippen LogP contribution in [0.3, 0.4) is 0 Å². The molecule has 0 nitrogen and oxygen atoms in total. The molecule has 2 heteroatoms. The Hall–Kier alpha value is 0.580. The second-order valence-electron chi connectivity index (χ2n) is 1.81. The van der Waals surface area contributed by atoms with Gasteiger partial charge >= 0.3 is 0 Å². The fourth-order valence-corrected chi connectivity index (χ4v) is 1.27. The third kappa shape index (κ3) is 1.23. The summed E-state index contributed by atoms with van der Waals surface area (Å²) < 4.78 is 0. The molecule has 0 aromatic heterocycles. The molecular weight excluding hydrogens is 131 g/mol. The van der Waals surface area contributed by atoms with Crippen LogP contribution in [0, 0.1) is 5.38 Å². The lowest BCUT2D eigenvalue weighted by molar-refractivity contribution is 0.889. The average Bonchev–Trinajstić information content (AvgIpc) is 1.91. The number of halogens is 2. The predicted molar refractivity (Wildman–Crippen MR) is 32.6 cm³/mol. The first-order valence-electron chi connectivity index (χ1n) is 2.46. The van der Waals surface area contributed by atoms with Crippen molar-refractivity contribution in [3.05, 3.63) is 5.38 Å². The molecule has 1 fully saturated rings. The van der Waals surface area contributed by atoms with E-state index in [0.29, 0.717) is 0 Å². The molecular formula is C5H7Cl2. The lowest BCUT2D eigenvalue weighted by atomic mass is 10.4. The molecule has 0 saturated heterocycles. The molecule has 0 aromatic rings. The van der Waals surface area contributed by atoms with Gasteiger partial charge in [-0.25, -0.2) is 0 Å². The first-order valence-corrected chi connectivity index (χ1v) is 3.27. The highest BCUT2D eigenvalue weighted by atomic mass is 35.5. The van der Waals surface area contributed by atoms with Gasteiger partial charge in [0.2, 0.25) is 0 Å². The highest BCUT2D eigenvalue weighted by Crippen LogP contribution is 2.34. The molecule has 1 atom stereocenters. The van der Waals surface area contributed by atoms with Gasteiger partial charge in [-0.05, 0) is 12.8 Å². The smallest absolute Gasteiger partial charge is 0.0815 e. The van der Waals surface area contributed by atoms with Crippen molar-refractivity contribution in [1.82, 2.24) is 0 Å². The van der Waals surface area contributed by atoms with Gasteiger partial charge < -0.3 is 0 Å². The van der Waals surface area contributed by atoms with Crippen molar-refractivity contribution in [2.45, 2.75) is 24.6 Å². The Kier molecular flexibility index (Phi) is 1.82. The number of hydrogen-bond donors (Lipinski definition) is 0. The minimum Gasteiger partial charge on any atom is -0.121 e. The third-order valence-electron chi connectivity index (χ3n) is 1.21. The van der Waals surface area contributed by atoms with Crippen LogP contribution in [-0.2, 0) is 0 Å². The van der Waals surface area contributed by atoms with Crippen LogP contribution in [0.25, 0.3) is 0 Å². The zero-order valence-corrected chi connectivity index (χ0v) is 5.47. The first kappa shape index (κ1) is 5.71. The second-order valence-corrected chi connectivity index (χ2v) is 2.82. The van der Waals surface area contributed by atoms with Gasteiger partial charge in [-0.1, -0.05) is 6.42 Å². The van der Waals surface area contributed by atoms with Crippen molar-refractivity contribution in [2.24, 2.45) is 0 Å². The van der Waals surface area contributed by atoms with Crippen LogP contribution in [0.4, 0.5) is 0 Å². The van der Waals surface area contributed by atoms with Crippen LogP contribution in [0.5, 0.6) is 0 Å². The number of hydrogen-bond acceptors (Lipinski definition) is 0. The van der Waals surface area contributed by atoms with Gasteiger partial charge in [-0.15, -0.1) is 23.2 Å². The topological polar surface area (TPSA) is 0 Å². The number of alkyl halides is 1. The molecule has 0 heterocycles. The quantitative estimate of drug-likeness (QED) is 0.451. The van der Waals surface area contributed by atoms with E-state index in [1.165, 1.54) is 6.42 Å². The second kappa shape index (κ2) is 2.23. The third-order valence-corrected chi connectivity index (χ3v) is 2.26. The van der Waals surface area contributed by atoms with Gasteiger partial charge in [0, 0.05) is 0 Å². The van der Waals surface area contributed by atoms with Crippen LogP contribution in [0.1, 0.15) is 19.3 Å². The van der Waals surface area contributed by atoms with Crippen molar-refractivity contribution >= 4 is 23.2 Å².